The van der Waals surface area contributed by atoms with E-state index in [1.165, 1.54) is 44.1 Å². The fraction of sp³-hybridized carbons (Fsp3) is 0.769. The second kappa shape index (κ2) is 6.04. The van der Waals surface area contributed by atoms with Gasteiger partial charge < -0.3 is 5.32 Å². The zero-order valence-electron chi connectivity index (χ0n) is 10.3. The number of nitrogens with one attached hydrogen (secondary N) is 1. The first kappa shape index (κ1) is 11.6. The first-order valence-electron chi connectivity index (χ1n) is 6.58. The Morgan fingerprint density at radius 2 is 2.19 bits per heavy atom. The van der Waals surface area contributed by atoms with Gasteiger partial charge in [0.2, 0.25) is 0 Å². The van der Waals surface area contributed by atoms with Crippen LogP contribution in [0.4, 0.5) is 0 Å². The van der Waals surface area contributed by atoms with E-state index in [1.807, 2.05) is 13.2 Å². The Hall–Kier alpha value is -0.830. The molecule has 0 saturated heterocycles. The van der Waals surface area contributed by atoms with Crippen molar-refractivity contribution in [1.29, 1.82) is 0 Å². The van der Waals surface area contributed by atoms with Crippen LogP contribution in [0.15, 0.2) is 12.4 Å². The van der Waals surface area contributed by atoms with Gasteiger partial charge in [0.25, 0.3) is 0 Å². The van der Waals surface area contributed by atoms with Crippen molar-refractivity contribution < 1.29 is 0 Å². The van der Waals surface area contributed by atoms with Crippen molar-refractivity contribution in [3.05, 3.63) is 18.0 Å². The molecule has 1 aromatic rings. The predicted octanol–water partition coefficient (Wildman–Crippen LogP) is 2.54. The van der Waals surface area contributed by atoms with Crippen LogP contribution in [0.3, 0.4) is 0 Å². The summed E-state index contributed by atoms with van der Waals surface area (Å²) < 4.78 is 2.20. The second-order valence-electron chi connectivity index (χ2n) is 4.83. The SMILES string of the molecule is CNCCCc1cnn(C2CCCCC2)c1. The average molecular weight is 221 g/mol. The summed E-state index contributed by atoms with van der Waals surface area (Å²) in [5.74, 6) is 0. The normalized spacial score (nSPS) is 17.8. The molecule has 1 fully saturated rings. The lowest BCUT2D eigenvalue weighted by Crippen LogP contribution is -2.13. The fourth-order valence-corrected chi connectivity index (χ4v) is 2.52. The van der Waals surface area contributed by atoms with E-state index in [2.05, 4.69) is 21.3 Å². The summed E-state index contributed by atoms with van der Waals surface area (Å²) in [6, 6.07) is 0.673. The fourth-order valence-electron chi connectivity index (χ4n) is 2.52. The molecule has 1 aliphatic rings. The smallest absolute Gasteiger partial charge is 0.0521 e. The first-order valence-corrected chi connectivity index (χ1v) is 6.58. The number of hydrogen-bond donors (Lipinski definition) is 1. The minimum absolute atomic E-state index is 0.673. The Kier molecular flexibility index (Phi) is 4.40. The molecule has 90 valence electrons. The van der Waals surface area contributed by atoms with E-state index in [4.69, 9.17) is 0 Å². The summed E-state index contributed by atoms with van der Waals surface area (Å²) in [6.45, 7) is 1.09. The molecule has 1 aromatic heterocycles. The molecular weight excluding hydrogens is 198 g/mol. The molecule has 3 heteroatoms. The largest absolute Gasteiger partial charge is 0.320 e. The summed E-state index contributed by atoms with van der Waals surface area (Å²) in [5, 5.41) is 7.70. The Balaban J connectivity index is 1.85. The molecule has 1 heterocycles. The molecule has 0 spiro atoms. The predicted molar refractivity (Wildman–Crippen MR) is 66.6 cm³/mol. The molecule has 0 bridgehead atoms. The van der Waals surface area contributed by atoms with Crippen LogP contribution in [-0.4, -0.2) is 23.4 Å². The topological polar surface area (TPSA) is 29.9 Å². The van der Waals surface area contributed by atoms with Gasteiger partial charge in [-0.3, -0.25) is 4.68 Å². The van der Waals surface area contributed by atoms with Gasteiger partial charge in [0.05, 0.1) is 12.2 Å². The molecule has 1 N–H and O–H groups in total. The van der Waals surface area contributed by atoms with Crippen LogP contribution in [0.25, 0.3) is 0 Å². The summed E-state index contributed by atoms with van der Waals surface area (Å²) >= 11 is 0. The molecule has 16 heavy (non-hydrogen) atoms. The molecular formula is C13H23N3. The van der Waals surface area contributed by atoms with Crippen molar-refractivity contribution in [3.8, 4) is 0 Å². The van der Waals surface area contributed by atoms with Gasteiger partial charge in [0.15, 0.2) is 0 Å². The zero-order valence-corrected chi connectivity index (χ0v) is 10.3. The van der Waals surface area contributed by atoms with E-state index in [9.17, 15) is 0 Å². The first-order chi connectivity index (χ1) is 7.90. The van der Waals surface area contributed by atoms with Gasteiger partial charge in [0.1, 0.15) is 0 Å². The van der Waals surface area contributed by atoms with Gasteiger partial charge in [0, 0.05) is 6.20 Å². The monoisotopic (exact) mass is 221 g/mol. The molecule has 0 atom stereocenters. The maximum absolute atomic E-state index is 4.51. The van der Waals surface area contributed by atoms with Crippen LogP contribution in [0, 0.1) is 0 Å². The number of aromatic nitrogens is 2. The van der Waals surface area contributed by atoms with Crippen LogP contribution in [0.2, 0.25) is 0 Å². The van der Waals surface area contributed by atoms with Gasteiger partial charge in [-0.2, -0.15) is 5.10 Å². The number of hydrogen-bond acceptors (Lipinski definition) is 2. The highest BCUT2D eigenvalue weighted by atomic mass is 15.3. The number of aryl methyl sites for hydroxylation is 1. The lowest BCUT2D eigenvalue weighted by molar-refractivity contribution is 0.329. The maximum atomic E-state index is 4.51. The molecule has 1 aliphatic carbocycles. The molecule has 2 rings (SSSR count). The summed E-state index contributed by atoms with van der Waals surface area (Å²) in [4.78, 5) is 0. The summed E-state index contributed by atoms with van der Waals surface area (Å²) in [7, 11) is 2.01. The van der Waals surface area contributed by atoms with Gasteiger partial charge >= 0.3 is 0 Å². The van der Waals surface area contributed by atoms with E-state index in [0.29, 0.717) is 6.04 Å². The van der Waals surface area contributed by atoms with Crippen LogP contribution in [-0.2, 0) is 6.42 Å². The number of nitrogens with zero attached hydrogens (tertiary/aromatic N) is 2. The average Bonchev–Trinajstić information content (AvgIpc) is 2.79. The lowest BCUT2D eigenvalue weighted by atomic mass is 9.96. The Morgan fingerprint density at radius 3 is 2.94 bits per heavy atom. The van der Waals surface area contributed by atoms with Gasteiger partial charge in [-0.15, -0.1) is 0 Å². The van der Waals surface area contributed by atoms with Crippen molar-refractivity contribution in [2.75, 3.05) is 13.6 Å². The summed E-state index contributed by atoms with van der Waals surface area (Å²) in [6.07, 6.45) is 13.4. The molecule has 0 radical (unpaired) electrons. The van der Waals surface area contributed by atoms with E-state index >= 15 is 0 Å². The van der Waals surface area contributed by atoms with Crippen molar-refractivity contribution in [1.82, 2.24) is 15.1 Å². The highest BCUT2D eigenvalue weighted by Crippen LogP contribution is 2.27. The zero-order chi connectivity index (χ0) is 11.2. The van der Waals surface area contributed by atoms with Crippen molar-refractivity contribution in [2.45, 2.75) is 51.0 Å². The molecule has 0 aliphatic heterocycles. The molecule has 1 saturated carbocycles. The number of rotatable bonds is 5. The van der Waals surface area contributed by atoms with Crippen LogP contribution in [0.5, 0.6) is 0 Å². The highest BCUT2D eigenvalue weighted by molar-refractivity contribution is 5.04. The molecule has 0 aromatic carbocycles. The Bertz CT molecular complexity index is 300. The highest BCUT2D eigenvalue weighted by Gasteiger charge is 2.15. The van der Waals surface area contributed by atoms with Crippen molar-refractivity contribution >= 4 is 0 Å². The van der Waals surface area contributed by atoms with E-state index in [-0.39, 0.29) is 0 Å². The van der Waals surface area contributed by atoms with E-state index < -0.39 is 0 Å². The molecule has 0 unspecified atom stereocenters. The minimum Gasteiger partial charge on any atom is -0.320 e. The Morgan fingerprint density at radius 1 is 1.38 bits per heavy atom. The van der Waals surface area contributed by atoms with Gasteiger partial charge in [-0.25, -0.2) is 0 Å². The summed E-state index contributed by atoms with van der Waals surface area (Å²) in [5.41, 5.74) is 1.39. The van der Waals surface area contributed by atoms with E-state index in [1.54, 1.807) is 0 Å². The third-order valence-electron chi connectivity index (χ3n) is 3.50. The minimum atomic E-state index is 0.673. The third kappa shape index (κ3) is 3.08. The Labute approximate surface area is 98.2 Å². The maximum Gasteiger partial charge on any atom is 0.0521 e. The van der Waals surface area contributed by atoms with E-state index in [0.717, 1.165) is 13.0 Å². The standard InChI is InChI=1S/C13H23N3/c1-14-9-5-6-12-10-15-16(11-12)13-7-3-2-4-8-13/h10-11,13-14H,2-9H2,1H3. The quantitative estimate of drug-likeness (QED) is 0.774. The van der Waals surface area contributed by atoms with Crippen LogP contribution in [0.1, 0.15) is 50.1 Å². The second-order valence-corrected chi connectivity index (χ2v) is 4.83. The van der Waals surface area contributed by atoms with Crippen LogP contribution < -0.4 is 5.32 Å². The lowest BCUT2D eigenvalue weighted by Gasteiger charge is -2.21. The van der Waals surface area contributed by atoms with Crippen molar-refractivity contribution in [2.24, 2.45) is 0 Å². The molecule has 3 nitrogen and oxygen atoms in total. The van der Waals surface area contributed by atoms with Crippen LogP contribution >= 0.6 is 0 Å². The third-order valence-corrected chi connectivity index (χ3v) is 3.50. The van der Waals surface area contributed by atoms with Gasteiger partial charge in [-0.1, -0.05) is 19.3 Å². The van der Waals surface area contributed by atoms with Crippen molar-refractivity contribution in [3.63, 3.8) is 0 Å². The van der Waals surface area contributed by atoms with Gasteiger partial charge in [-0.05, 0) is 44.8 Å². The molecule has 0 amide bonds.